The van der Waals surface area contributed by atoms with E-state index < -0.39 is 23.8 Å². The van der Waals surface area contributed by atoms with E-state index in [-0.39, 0.29) is 24.3 Å². The number of thiophene rings is 1. The molecule has 1 amide bonds. The zero-order valence-electron chi connectivity index (χ0n) is 19.3. The second kappa shape index (κ2) is 9.00. The topological polar surface area (TPSA) is 92.7 Å². The summed E-state index contributed by atoms with van der Waals surface area (Å²) < 4.78 is 5.33. The molecule has 2 N–H and O–H groups in total. The average molecular weight is 460 g/mol. The summed E-state index contributed by atoms with van der Waals surface area (Å²) in [5.74, 6) is -2.40. The van der Waals surface area contributed by atoms with Crippen LogP contribution in [0.15, 0.2) is 11.1 Å². The Kier molecular flexibility index (Phi) is 6.48. The van der Waals surface area contributed by atoms with Crippen molar-refractivity contribution in [3.05, 3.63) is 27.2 Å². The first-order valence-electron chi connectivity index (χ1n) is 11.8. The van der Waals surface area contributed by atoms with Gasteiger partial charge in [-0.1, -0.05) is 24.5 Å². The Balaban J connectivity index is 1.67. The Hall–Kier alpha value is -2.15. The Bertz CT molecular complexity index is 973. The van der Waals surface area contributed by atoms with Crippen molar-refractivity contribution in [1.29, 1.82) is 0 Å². The monoisotopic (exact) mass is 459 g/mol. The van der Waals surface area contributed by atoms with Crippen molar-refractivity contribution in [3.63, 3.8) is 0 Å². The fourth-order valence-corrected chi connectivity index (χ4v) is 7.66. The molecule has 0 unspecified atom stereocenters. The number of carboxylic acids is 1. The van der Waals surface area contributed by atoms with E-state index in [0.29, 0.717) is 16.5 Å². The van der Waals surface area contributed by atoms with E-state index in [1.165, 1.54) is 11.3 Å². The number of esters is 1. The molecule has 0 aliphatic heterocycles. The van der Waals surface area contributed by atoms with Gasteiger partial charge < -0.3 is 15.2 Å². The van der Waals surface area contributed by atoms with E-state index in [9.17, 15) is 19.5 Å². The molecule has 7 heteroatoms. The van der Waals surface area contributed by atoms with Gasteiger partial charge in [-0.15, -0.1) is 11.3 Å². The van der Waals surface area contributed by atoms with Crippen LogP contribution in [0.25, 0.3) is 0 Å². The van der Waals surface area contributed by atoms with Crippen LogP contribution in [0.4, 0.5) is 5.00 Å². The molecule has 4 rings (SSSR count). The number of carbonyl (C=O) groups is 3. The summed E-state index contributed by atoms with van der Waals surface area (Å²) in [4.78, 5) is 39.6. The number of ether oxygens (including phenoxy) is 1. The number of anilines is 1. The van der Waals surface area contributed by atoms with Crippen molar-refractivity contribution in [3.8, 4) is 0 Å². The number of aliphatic carboxylic acids is 1. The van der Waals surface area contributed by atoms with Crippen LogP contribution in [-0.4, -0.2) is 29.6 Å². The number of rotatable bonds is 6. The number of carboxylic acid groups (broad SMARTS) is 1. The predicted molar refractivity (Wildman–Crippen MR) is 124 cm³/mol. The number of nitrogens with one attached hydrogen (secondary N) is 1. The first kappa shape index (κ1) is 23.0. The molecule has 2 saturated carbocycles. The van der Waals surface area contributed by atoms with Crippen molar-refractivity contribution in [1.82, 2.24) is 0 Å². The van der Waals surface area contributed by atoms with Gasteiger partial charge in [0.25, 0.3) is 0 Å². The van der Waals surface area contributed by atoms with Crippen molar-refractivity contribution >= 4 is 34.2 Å². The minimum Gasteiger partial charge on any atom is -0.481 e. The fourth-order valence-electron chi connectivity index (χ4n) is 6.31. The molecule has 0 aromatic carbocycles. The van der Waals surface area contributed by atoms with Crippen molar-refractivity contribution in [2.45, 2.75) is 66.2 Å². The largest absolute Gasteiger partial charge is 0.481 e. The minimum absolute atomic E-state index is 0.0313. The lowest BCUT2D eigenvalue weighted by Gasteiger charge is -2.26. The second-order valence-electron chi connectivity index (χ2n) is 9.57. The third-order valence-corrected chi connectivity index (χ3v) is 8.84. The summed E-state index contributed by atoms with van der Waals surface area (Å²) in [7, 11) is 0. The summed E-state index contributed by atoms with van der Waals surface area (Å²) in [6.07, 6.45) is 5.50. The molecular weight excluding hydrogens is 426 g/mol. The van der Waals surface area contributed by atoms with E-state index in [0.717, 1.165) is 60.1 Å². The smallest absolute Gasteiger partial charge is 0.341 e. The number of fused-ring (bicyclic) bond motifs is 3. The number of allylic oxidation sites excluding steroid dienone is 2. The van der Waals surface area contributed by atoms with Crippen LogP contribution in [0.5, 0.6) is 0 Å². The van der Waals surface area contributed by atoms with Crippen LogP contribution >= 0.6 is 11.3 Å². The molecule has 5 atom stereocenters. The van der Waals surface area contributed by atoms with Gasteiger partial charge in [0.05, 0.1) is 24.0 Å². The van der Waals surface area contributed by atoms with E-state index in [1.807, 2.05) is 13.8 Å². The van der Waals surface area contributed by atoms with E-state index in [1.54, 1.807) is 6.92 Å². The van der Waals surface area contributed by atoms with Gasteiger partial charge in [0.2, 0.25) is 5.91 Å². The van der Waals surface area contributed by atoms with Gasteiger partial charge in [-0.3, -0.25) is 9.59 Å². The van der Waals surface area contributed by atoms with Gasteiger partial charge in [-0.2, -0.15) is 0 Å². The highest BCUT2D eigenvalue weighted by Crippen LogP contribution is 2.57. The zero-order valence-corrected chi connectivity index (χ0v) is 20.1. The lowest BCUT2D eigenvalue weighted by Crippen LogP contribution is -2.38. The molecule has 1 aromatic rings. The van der Waals surface area contributed by atoms with Crippen LogP contribution in [0.1, 0.15) is 74.2 Å². The highest BCUT2D eigenvalue weighted by atomic mass is 32.1. The van der Waals surface area contributed by atoms with E-state index in [2.05, 4.69) is 12.2 Å². The second-order valence-corrected chi connectivity index (χ2v) is 10.7. The summed E-state index contributed by atoms with van der Waals surface area (Å²) in [6, 6.07) is 0. The lowest BCUT2D eigenvalue weighted by molar-refractivity contribution is -0.148. The normalized spacial score (nSPS) is 28.4. The summed E-state index contributed by atoms with van der Waals surface area (Å²) in [6.45, 7) is 8.24. The van der Waals surface area contributed by atoms with Gasteiger partial charge in [-0.25, -0.2) is 4.79 Å². The Morgan fingerprint density at radius 1 is 1.09 bits per heavy atom. The standard InChI is InChI=1S/C25H33NO5S/c1-5-13-7-8-14-17(11-13)32-23(21(14)25(30)31-6-2)26-22(27)19-15-9-10-16(18(15)12(3)4)20(19)24(28)29/h13,15-16,19-20H,5-11H2,1-4H3,(H,26,27)(H,28,29)/t13-,15-,16-,19+,20+/m1/s1. The van der Waals surface area contributed by atoms with Gasteiger partial charge in [-0.05, 0) is 76.2 Å². The van der Waals surface area contributed by atoms with Crippen molar-refractivity contribution in [2.24, 2.45) is 29.6 Å². The van der Waals surface area contributed by atoms with Crippen LogP contribution in [0, 0.1) is 29.6 Å². The predicted octanol–water partition coefficient (Wildman–Crippen LogP) is 5.07. The SMILES string of the molecule is CCOC(=O)c1c(NC(=O)[C@@H]2[C@@H](C(=O)O)[C@@H]3CC[C@@H]2C3=C(C)C)sc2c1CC[C@@H](CC)C2. The third kappa shape index (κ3) is 3.78. The van der Waals surface area contributed by atoms with Crippen molar-refractivity contribution < 1.29 is 24.2 Å². The van der Waals surface area contributed by atoms with Crippen molar-refractivity contribution in [2.75, 3.05) is 11.9 Å². The quantitative estimate of drug-likeness (QED) is 0.458. The lowest BCUT2D eigenvalue weighted by atomic mass is 9.78. The molecule has 3 aliphatic rings. The maximum Gasteiger partial charge on any atom is 0.341 e. The summed E-state index contributed by atoms with van der Waals surface area (Å²) in [5.41, 5.74) is 3.76. The third-order valence-electron chi connectivity index (χ3n) is 7.67. The molecule has 0 spiro atoms. The van der Waals surface area contributed by atoms with Crippen LogP contribution in [0.2, 0.25) is 0 Å². The highest BCUT2D eigenvalue weighted by Gasteiger charge is 2.57. The van der Waals surface area contributed by atoms with Gasteiger partial charge in [0, 0.05) is 4.88 Å². The molecule has 0 saturated heterocycles. The van der Waals surface area contributed by atoms with E-state index >= 15 is 0 Å². The molecule has 0 radical (unpaired) electrons. The Morgan fingerprint density at radius 2 is 1.78 bits per heavy atom. The van der Waals surface area contributed by atoms with Crippen LogP contribution in [0.3, 0.4) is 0 Å². The minimum atomic E-state index is -0.905. The summed E-state index contributed by atoms with van der Waals surface area (Å²) >= 11 is 1.47. The number of carbonyl (C=O) groups excluding carboxylic acids is 2. The number of amides is 1. The first-order valence-corrected chi connectivity index (χ1v) is 12.6. The molecule has 1 heterocycles. The Labute approximate surface area is 193 Å². The maximum atomic E-state index is 13.5. The average Bonchev–Trinajstić information content (AvgIpc) is 3.42. The Morgan fingerprint density at radius 3 is 2.38 bits per heavy atom. The zero-order chi connectivity index (χ0) is 23.2. The molecule has 32 heavy (non-hydrogen) atoms. The highest BCUT2D eigenvalue weighted by molar-refractivity contribution is 7.17. The van der Waals surface area contributed by atoms with Gasteiger partial charge in [0.15, 0.2) is 0 Å². The van der Waals surface area contributed by atoms with Crippen LogP contribution in [-0.2, 0) is 27.2 Å². The number of hydrogen-bond donors (Lipinski definition) is 2. The fraction of sp³-hybridized carbons (Fsp3) is 0.640. The molecule has 2 fully saturated rings. The van der Waals surface area contributed by atoms with Gasteiger partial charge in [0.1, 0.15) is 5.00 Å². The van der Waals surface area contributed by atoms with Crippen LogP contribution < -0.4 is 5.32 Å². The molecule has 1 aromatic heterocycles. The molecule has 174 valence electrons. The maximum absolute atomic E-state index is 13.5. The first-order chi connectivity index (χ1) is 15.3. The van der Waals surface area contributed by atoms with Gasteiger partial charge >= 0.3 is 11.9 Å². The molecule has 3 aliphatic carbocycles. The summed E-state index contributed by atoms with van der Waals surface area (Å²) in [5, 5.41) is 13.5. The molecular formula is C25H33NO5S. The van der Waals surface area contributed by atoms with E-state index in [4.69, 9.17) is 4.74 Å². The number of hydrogen-bond acceptors (Lipinski definition) is 5. The molecule has 2 bridgehead atoms. The molecule has 6 nitrogen and oxygen atoms in total.